The number of sulfonamides is 1. The van der Waals surface area contributed by atoms with E-state index in [2.05, 4.69) is 15.9 Å². The number of hydrogen-bond donors (Lipinski definition) is 1. The standard InChI is InChI=1S/C13H8BrF4NO2S/c14-9-3-6-12(11(15)7-9)22(20,21)19-10-4-1-8(2-5-10)13(16,17)18/h1-7,19H. The van der Waals surface area contributed by atoms with Gasteiger partial charge >= 0.3 is 6.18 Å². The summed E-state index contributed by atoms with van der Waals surface area (Å²) >= 11 is 2.99. The Morgan fingerprint density at radius 1 is 1.00 bits per heavy atom. The van der Waals surface area contributed by atoms with Crippen molar-refractivity contribution in [3.05, 3.63) is 58.3 Å². The molecular weight excluding hydrogens is 390 g/mol. The van der Waals surface area contributed by atoms with Gasteiger partial charge in [-0.15, -0.1) is 0 Å². The molecule has 0 fully saturated rings. The topological polar surface area (TPSA) is 46.2 Å². The number of nitrogens with one attached hydrogen (secondary N) is 1. The summed E-state index contributed by atoms with van der Waals surface area (Å²) in [6.07, 6.45) is -4.52. The fraction of sp³-hybridized carbons (Fsp3) is 0.0769. The second kappa shape index (κ2) is 5.88. The van der Waals surface area contributed by atoms with Crippen molar-refractivity contribution in [1.29, 1.82) is 0 Å². The number of halogens is 5. The van der Waals surface area contributed by atoms with Crippen LogP contribution in [0.3, 0.4) is 0 Å². The van der Waals surface area contributed by atoms with Crippen molar-refractivity contribution in [2.45, 2.75) is 11.1 Å². The van der Waals surface area contributed by atoms with Gasteiger partial charge in [0.25, 0.3) is 10.0 Å². The lowest BCUT2D eigenvalue weighted by atomic mass is 10.2. The zero-order valence-electron chi connectivity index (χ0n) is 10.7. The Labute approximate surface area is 132 Å². The third-order valence-electron chi connectivity index (χ3n) is 2.65. The normalized spacial score (nSPS) is 12.2. The first-order valence-electron chi connectivity index (χ1n) is 5.75. The van der Waals surface area contributed by atoms with E-state index in [-0.39, 0.29) is 5.69 Å². The Morgan fingerprint density at radius 2 is 1.59 bits per heavy atom. The van der Waals surface area contributed by atoms with Gasteiger partial charge < -0.3 is 0 Å². The molecule has 118 valence electrons. The Hall–Kier alpha value is -1.61. The summed E-state index contributed by atoms with van der Waals surface area (Å²) in [7, 11) is -4.24. The molecule has 2 aromatic rings. The van der Waals surface area contributed by atoms with E-state index in [1.165, 1.54) is 6.07 Å². The molecule has 0 aliphatic rings. The molecule has 0 heterocycles. The molecule has 0 spiro atoms. The summed E-state index contributed by atoms with van der Waals surface area (Å²) in [5.74, 6) is -0.978. The highest BCUT2D eigenvalue weighted by molar-refractivity contribution is 9.10. The van der Waals surface area contributed by atoms with E-state index in [1.807, 2.05) is 4.72 Å². The Balaban J connectivity index is 2.29. The van der Waals surface area contributed by atoms with Crippen LogP contribution in [0.1, 0.15) is 5.56 Å². The second-order valence-electron chi connectivity index (χ2n) is 4.26. The van der Waals surface area contributed by atoms with Crippen LogP contribution in [0.15, 0.2) is 51.8 Å². The molecule has 0 aliphatic carbocycles. The van der Waals surface area contributed by atoms with Crippen LogP contribution in [0.4, 0.5) is 23.2 Å². The molecule has 22 heavy (non-hydrogen) atoms. The molecule has 0 amide bonds. The summed E-state index contributed by atoms with van der Waals surface area (Å²) in [5.41, 5.74) is -1.01. The van der Waals surface area contributed by atoms with Gasteiger partial charge in [0.05, 0.1) is 5.56 Å². The predicted octanol–water partition coefficient (Wildman–Crippen LogP) is 4.41. The maximum Gasteiger partial charge on any atom is 0.416 e. The molecule has 2 aromatic carbocycles. The lowest BCUT2D eigenvalue weighted by Gasteiger charge is -2.11. The first-order valence-corrected chi connectivity index (χ1v) is 8.02. The largest absolute Gasteiger partial charge is 0.416 e. The van der Waals surface area contributed by atoms with Crippen LogP contribution >= 0.6 is 15.9 Å². The first kappa shape index (κ1) is 16.8. The molecule has 0 unspecified atom stereocenters. The summed E-state index contributed by atoms with van der Waals surface area (Å²) in [5, 5.41) is 0. The molecule has 0 saturated carbocycles. The second-order valence-corrected chi connectivity index (χ2v) is 6.82. The maximum atomic E-state index is 13.7. The molecule has 0 atom stereocenters. The fourth-order valence-electron chi connectivity index (χ4n) is 1.63. The average molecular weight is 398 g/mol. The van der Waals surface area contributed by atoms with Crippen LogP contribution in [0.2, 0.25) is 0 Å². The first-order chi connectivity index (χ1) is 10.1. The predicted molar refractivity (Wildman–Crippen MR) is 76.4 cm³/mol. The van der Waals surface area contributed by atoms with E-state index in [4.69, 9.17) is 0 Å². The van der Waals surface area contributed by atoms with Crippen LogP contribution in [0.25, 0.3) is 0 Å². The Morgan fingerprint density at radius 3 is 2.09 bits per heavy atom. The van der Waals surface area contributed by atoms with E-state index < -0.39 is 32.5 Å². The van der Waals surface area contributed by atoms with Gasteiger partial charge in [-0.05, 0) is 42.5 Å². The lowest BCUT2D eigenvalue weighted by Crippen LogP contribution is -2.15. The van der Waals surface area contributed by atoms with E-state index in [0.717, 1.165) is 36.4 Å². The van der Waals surface area contributed by atoms with Crippen molar-refractivity contribution in [2.24, 2.45) is 0 Å². The van der Waals surface area contributed by atoms with Crippen LogP contribution in [-0.2, 0) is 16.2 Å². The van der Waals surface area contributed by atoms with Crippen LogP contribution in [0.5, 0.6) is 0 Å². The number of alkyl halides is 3. The average Bonchev–Trinajstić information content (AvgIpc) is 2.37. The third-order valence-corrected chi connectivity index (χ3v) is 4.56. The lowest BCUT2D eigenvalue weighted by molar-refractivity contribution is -0.137. The van der Waals surface area contributed by atoms with Gasteiger partial charge in [-0.1, -0.05) is 15.9 Å². The number of benzene rings is 2. The molecule has 2 rings (SSSR count). The molecule has 0 aliphatic heterocycles. The van der Waals surface area contributed by atoms with Crippen molar-refractivity contribution >= 4 is 31.6 Å². The molecular formula is C13H8BrF4NO2S. The SMILES string of the molecule is O=S(=O)(Nc1ccc(C(F)(F)F)cc1)c1ccc(Br)cc1F. The van der Waals surface area contributed by atoms with Crippen molar-refractivity contribution in [1.82, 2.24) is 0 Å². The molecule has 9 heteroatoms. The van der Waals surface area contributed by atoms with E-state index in [0.29, 0.717) is 4.47 Å². The van der Waals surface area contributed by atoms with Crippen LogP contribution in [0, 0.1) is 5.82 Å². The zero-order chi connectivity index (χ0) is 16.5. The smallest absolute Gasteiger partial charge is 0.280 e. The molecule has 0 saturated heterocycles. The Bertz CT molecular complexity index is 789. The molecule has 0 radical (unpaired) electrons. The molecule has 3 nitrogen and oxygen atoms in total. The summed E-state index contributed by atoms with van der Waals surface area (Å²) in [6.45, 7) is 0. The van der Waals surface area contributed by atoms with Gasteiger partial charge in [0, 0.05) is 10.2 Å². The van der Waals surface area contributed by atoms with E-state index >= 15 is 0 Å². The van der Waals surface area contributed by atoms with Gasteiger partial charge in [0.1, 0.15) is 10.7 Å². The highest BCUT2D eigenvalue weighted by Crippen LogP contribution is 2.30. The van der Waals surface area contributed by atoms with Gasteiger partial charge in [0.2, 0.25) is 0 Å². The van der Waals surface area contributed by atoms with E-state index in [1.54, 1.807) is 0 Å². The highest BCUT2D eigenvalue weighted by Gasteiger charge is 2.30. The fourth-order valence-corrected chi connectivity index (χ4v) is 3.08. The third kappa shape index (κ3) is 3.77. The summed E-state index contributed by atoms with van der Waals surface area (Å²) in [6, 6.07) is 6.73. The van der Waals surface area contributed by atoms with Crippen LogP contribution in [-0.4, -0.2) is 8.42 Å². The molecule has 1 N–H and O–H groups in total. The minimum Gasteiger partial charge on any atom is -0.280 e. The monoisotopic (exact) mass is 397 g/mol. The van der Waals surface area contributed by atoms with Crippen LogP contribution < -0.4 is 4.72 Å². The maximum absolute atomic E-state index is 13.7. The van der Waals surface area contributed by atoms with Gasteiger partial charge in [-0.2, -0.15) is 13.2 Å². The number of rotatable bonds is 3. The van der Waals surface area contributed by atoms with Gasteiger partial charge in [-0.3, -0.25) is 4.72 Å². The van der Waals surface area contributed by atoms with Crippen molar-refractivity contribution in [2.75, 3.05) is 4.72 Å². The molecule has 0 aromatic heterocycles. The minimum atomic E-state index is -4.52. The summed E-state index contributed by atoms with van der Waals surface area (Å²) in [4.78, 5) is -0.601. The minimum absolute atomic E-state index is 0.102. The number of hydrogen-bond acceptors (Lipinski definition) is 2. The van der Waals surface area contributed by atoms with Crippen molar-refractivity contribution in [3.63, 3.8) is 0 Å². The van der Waals surface area contributed by atoms with Crippen molar-refractivity contribution < 1.29 is 26.0 Å². The van der Waals surface area contributed by atoms with Gasteiger partial charge in [-0.25, -0.2) is 12.8 Å². The van der Waals surface area contributed by atoms with E-state index in [9.17, 15) is 26.0 Å². The summed E-state index contributed by atoms with van der Waals surface area (Å²) < 4.78 is 77.4. The number of anilines is 1. The molecule has 0 bridgehead atoms. The zero-order valence-corrected chi connectivity index (χ0v) is 13.1. The van der Waals surface area contributed by atoms with Crippen molar-refractivity contribution in [3.8, 4) is 0 Å². The quantitative estimate of drug-likeness (QED) is 0.779. The Kier molecular flexibility index (Phi) is 4.48. The highest BCUT2D eigenvalue weighted by atomic mass is 79.9. The van der Waals surface area contributed by atoms with Gasteiger partial charge in [0.15, 0.2) is 0 Å².